The first-order chi connectivity index (χ1) is 7.83. The summed E-state index contributed by atoms with van der Waals surface area (Å²) in [7, 11) is 0. The molecule has 92 valence electrons. The zero-order valence-electron chi connectivity index (χ0n) is 9.86. The van der Waals surface area contributed by atoms with Crippen LogP contribution in [0.25, 0.3) is 0 Å². The van der Waals surface area contributed by atoms with Gasteiger partial charge in [-0.2, -0.15) is 0 Å². The van der Waals surface area contributed by atoms with Gasteiger partial charge in [-0.15, -0.1) is 0 Å². The molecule has 0 bridgehead atoms. The molecule has 1 saturated heterocycles. The van der Waals surface area contributed by atoms with Gasteiger partial charge in [-0.05, 0) is 12.8 Å². The number of carbonyl (C=O) groups is 1. The number of hydrogen-bond acceptors (Lipinski definition) is 3. The van der Waals surface area contributed by atoms with Gasteiger partial charge < -0.3 is 15.4 Å². The molecule has 1 heterocycles. The molecule has 0 radical (unpaired) electrons. The van der Waals surface area contributed by atoms with Gasteiger partial charge in [-0.25, -0.2) is 4.79 Å². The molecule has 1 aliphatic carbocycles. The van der Waals surface area contributed by atoms with Gasteiger partial charge in [0.1, 0.15) is 0 Å². The highest BCUT2D eigenvalue weighted by molar-refractivity contribution is 5.69. The molecule has 4 heteroatoms. The van der Waals surface area contributed by atoms with E-state index in [1.54, 1.807) is 0 Å². The summed E-state index contributed by atoms with van der Waals surface area (Å²) >= 11 is 0. The molecular formula is C12H22N2O2. The van der Waals surface area contributed by atoms with Crippen LogP contribution in [-0.4, -0.2) is 36.2 Å². The lowest BCUT2D eigenvalue weighted by molar-refractivity contribution is 0.0229. The lowest BCUT2D eigenvalue weighted by atomic mass is 10.0. The third-order valence-electron chi connectivity index (χ3n) is 3.77. The van der Waals surface area contributed by atoms with E-state index in [0.29, 0.717) is 19.2 Å². The van der Waals surface area contributed by atoms with Gasteiger partial charge in [-0.1, -0.05) is 25.7 Å². The van der Waals surface area contributed by atoms with E-state index in [4.69, 9.17) is 10.5 Å². The summed E-state index contributed by atoms with van der Waals surface area (Å²) in [5, 5.41) is 0. The fraction of sp³-hybridized carbons (Fsp3) is 0.917. The molecule has 0 aromatic carbocycles. The van der Waals surface area contributed by atoms with Crippen LogP contribution >= 0.6 is 0 Å². The predicted molar refractivity (Wildman–Crippen MR) is 62.1 cm³/mol. The van der Waals surface area contributed by atoms with E-state index < -0.39 is 0 Å². The number of cyclic esters (lactones) is 1. The molecule has 1 unspecified atom stereocenters. The molecule has 0 aromatic heterocycles. The molecule has 4 nitrogen and oxygen atoms in total. The molecule has 1 saturated carbocycles. The molecule has 2 aliphatic rings. The molecular weight excluding hydrogens is 204 g/mol. The number of ether oxygens (including phenoxy) is 1. The topological polar surface area (TPSA) is 55.6 Å². The van der Waals surface area contributed by atoms with Crippen molar-refractivity contribution < 1.29 is 9.53 Å². The Morgan fingerprint density at radius 1 is 1.19 bits per heavy atom. The Morgan fingerprint density at radius 2 is 1.88 bits per heavy atom. The largest absolute Gasteiger partial charge is 0.449 e. The Bertz CT molecular complexity index is 237. The Hall–Kier alpha value is -0.770. The third-order valence-corrected chi connectivity index (χ3v) is 3.77. The average molecular weight is 226 g/mol. The van der Waals surface area contributed by atoms with Crippen LogP contribution in [0.2, 0.25) is 0 Å². The second-order valence-corrected chi connectivity index (χ2v) is 4.85. The first-order valence-corrected chi connectivity index (χ1v) is 6.48. The van der Waals surface area contributed by atoms with Crippen molar-refractivity contribution in [3.63, 3.8) is 0 Å². The van der Waals surface area contributed by atoms with E-state index in [-0.39, 0.29) is 12.1 Å². The summed E-state index contributed by atoms with van der Waals surface area (Å²) in [6, 6.07) is 0.563. The minimum Gasteiger partial charge on any atom is -0.449 e. The van der Waals surface area contributed by atoms with Crippen LogP contribution in [0.3, 0.4) is 0 Å². The maximum Gasteiger partial charge on any atom is 0.410 e. The molecule has 0 aromatic rings. The highest BCUT2D eigenvalue weighted by Crippen LogP contribution is 2.26. The number of carbonyl (C=O) groups excluding carboxylic acids is 1. The first-order valence-electron chi connectivity index (χ1n) is 6.48. The maximum absolute atomic E-state index is 11.8. The predicted octanol–water partition coefficient (Wildman–Crippen LogP) is 1.88. The minimum absolute atomic E-state index is 0.145. The average Bonchev–Trinajstić information content (AvgIpc) is 2.57. The van der Waals surface area contributed by atoms with E-state index in [0.717, 1.165) is 19.3 Å². The summed E-state index contributed by atoms with van der Waals surface area (Å²) in [6.07, 6.45) is 8.03. The van der Waals surface area contributed by atoms with Gasteiger partial charge in [0, 0.05) is 19.0 Å². The van der Waals surface area contributed by atoms with Crippen molar-refractivity contribution in [2.75, 3.05) is 13.2 Å². The molecule has 1 aliphatic heterocycles. The third kappa shape index (κ3) is 2.48. The molecule has 2 fully saturated rings. The number of nitrogens with two attached hydrogens (primary N) is 1. The van der Waals surface area contributed by atoms with E-state index in [9.17, 15) is 4.79 Å². The van der Waals surface area contributed by atoms with Crippen LogP contribution in [0.1, 0.15) is 44.9 Å². The van der Waals surface area contributed by atoms with Crippen LogP contribution in [-0.2, 0) is 4.74 Å². The molecule has 2 rings (SSSR count). The Kier molecular flexibility index (Phi) is 4.04. The monoisotopic (exact) mass is 226 g/mol. The van der Waals surface area contributed by atoms with Gasteiger partial charge in [-0.3, -0.25) is 0 Å². The lowest BCUT2D eigenvalue weighted by Crippen LogP contribution is -2.53. The minimum atomic E-state index is -0.145. The highest BCUT2D eigenvalue weighted by atomic mass is 16.6. The van der Waals surface area contributed by atoms with E-state index in [1.807, 2.05) is 4.90 Å². The molecule has 2 N–H and O–H groups in total. The van der Waals surface area contributed by atoms with Crippen LogP contribution in [0.5, 0.6) is 0 Å². The van der Waals surface area contributed by atoms with Crippen molar-refractivity contribution in [2.24, 2.45) is 5.73 Å². The second kappa shape index (κ2) is 5.53. The number of nitrogens with zero attached hydrogens (tertiary/aromatic N) is 1. The maximum atomic E-state index is 11.8. The van der Waals surface area contributed by atoms with Crippen molar-refractivity contribution in [3.05, 3.63) is 0 Å². The lowest BCUT2D eigenvalue weighted by Gasteiger charge is -2.39. The van der Waals surface area contributed by atoms with E-state index >= 15 is 0 Å². The van der Waals surface area contributed by atoms with Gasteiger partial charge >= 0.3 is 6.09 Å². The Balaban J connectivity index is 2.04. The van der Waals surface area contributed by atoms with Crippen LogP contribution < -0.4 is 5.73 Å². The van der Waals surface area contributed by atoms with Crippen molar-refractivity contribution in [1.82, 2.24) is 4.90 Å². The second-order valence-electron chi connectivity index (χ2n) is 4.85. The normalized spacial score (nSPS) is 28.7. The van der Waals surface area contributed by atoms with E-state index in [1.165, 1.54) is 25.7 Å². The molecule has 1 amide bonds. The van der Waals surface area contributed by atoms with Crippen LogP contribution in [0, 0.1) is 0 Å². The summed E-state index contributed by atoms with van der Waals surface area (Å²) in [4.78, 5) is 13.7. The van der Waals surface area contributed by atoms with Gasteiger partial charge in [0.25, 0.3) is 0 Å². The quantitative estimate of drug-likeness (QED) is 0.731. The molecule has 1 atom stereocenters. The van der Waals surface area contributed by atoms with Crippen molar-refractivity contribution in [1.29, 1.82) is 0 Å². The highest BCUT2D eigenvalue weighted by Gasteiger charge is 2.34. The van der Waals surface area contributed by atoms with Gasteiger partial charge in [0.2, 0.25) is 0 Å². The van der Waals surface area contributed by atoms with Crippen molar-refractivity contribution in [3.8, 4) is 0 Å². The molecule has 16 heavy (non-hydrogen) atoms. The Labute approximate surface area is 97.1 Å². The standard InChI is InChI=1S/C12H22N2O2/c13-9-11-7-8-16-12(15)14(11)10-5-3-1-2-4-6-10/h10-11H,1-9,13H2. The van der Waals surface area contributed by atoms with Crippen molar-refractivity contribution >= 4 is 6.09 Å². The van der Waals surface area contributed by atoms with Crippen LogP contribution in [0.4, 0.5) is 4.79 Å². The van der Waals surface area contributed by atoms with Crippen molar-refractivity contribution in [2.45, 2.75) is 57.0 Å². The Morgan fingerprint density at radius 3 is 2.50 bits per heavy atom. The first kappa shape index (κ1) is 11.7. The number of rotatable bonds is 2. The summed E-state index contributed by atoms with van der Waals surface area (Å²) in [5.41, 5.74) is 5.75. The molecule has 0 spiro atoms. The smallest absolute Gasteiger partial charge is 0.410 e. The summed E-state index contributed by atoms with van der Waals surface area (Å²) in [6.45, 7) is 1.09. The van der Waals surface area contributed by atoms with Gasteiger partial charge in [0.05, 0.1) is 12.6 Å². The zero-order valence-corrected chi connectivity index (χ0v) is 9.86. The van der Waals surface area contributed by atoms with Gasteiger partial charge in [0.15, 0.2) is 0 Å². The number of amides is 1. The summed E-state index contributed by atoms with van der Waals surface area (Å²) in [5.74, 6) is 0. The fourth-order valence-electron chi connectivity index (χ4n) is 2.86. The zero-order chi connectivity index (χ0) is 11.4. The van der Waals surface area contributed by atoms with Crippen LogP contribution in [0.15, 0.2) is 0 Å². The fourth-order valence-corrected chi connectivity index (χ4v) is 2.86. The SMILES string of the molecule is NCC1CCOC(=O)N1C1CCCCCC1. The number of hydrogen-bond donors (Lipinski definition) is 1. The summed E-state index contributed by atoms with van der Waals surface area (Å²) < 4.78 is 5.15. The van der Waals surface area contributed by atoms with E-state index in [2.05, 4.69) is 0 Å².